The Kier molecular flexibility index (Phi) is 4.98. The SMILES string of the molecule is Cc1cc(C)nc(SCC=CCCl)n1. The molecule has 2 nitrogen and oxygen atoms in total. The monoisotopic (exact) mass is 228 g/mol. The van der Waals surface area contributed by atoms with Crippen LogP contribution < -0.4 is 0 Å². The maximum atomic E-state index is 5.51. The van der Waals surface area contributed by atoms with Crippen LogP contribution in [0.2, 0.25) is 0 Å². The predicted molar refractivity (Wildman–Crippen MR) is 62.1 cm³/mol. The van der Waals surface area contributed by atoms with Crippen LogP contribution in [0.4, 0.5) is 0 Å². The Morgan fingerprint density at radius 3 is 2.50 bits per heavy atom. The van der Waals surface area contributed by atoms with Crippen molar-refractivity contribution in [2.45, 2.75) is 19.0 Å². The summed E-state index contributed by atoms with van der Waals surface area (Å²) in [6.45, 7) is 3.96. The molecule has 1 aromatic rings. The van der Waals surface area contributed by atoms with E-state index in [0.29, 0.717) is 5.88 Å². The van der Waals surface area contributed by atoms with E-state index in [9.17, 15) is 0 Å². The van der Waals surface area contributed by atoms with Gasteiger partial charge in [0.15, 0.2) is 5.16 Å². The number of allylic oxidation sites excluding steroid dienone is 1. The van der Waals surface area contributed by atoms with Crippen molar-refractivity contribution >= 4 is 23.4 Å². The summed E-state index contributed by atoms with van der Waals surface area (Å²) >= 11 is 7.13. The molecular formula is C10H13ClN2S. The van der Waals surface area contributed by atoms with Gasteiger partial charge in [0.1, 0.15) is 0 Å². The third kappa shape index (κ3) is 4.11. The Morgan fingerprint density at radius 2 is 1.93 bits per heavy atom. The van der Waals surface area contributed by atoms with Crippen LogP contribution in [0, 0.1) is 13.8 Å². The zero-order chi connectivity index (χ0) is 10.4. The van der Waals surface area contributed by atoms with E-state index >= 15 is 0 Å². The molecule has 0 atom stereocenters. The van der Waals surface area contributed by atoms with E-state index in [1.807, 2.05) is 32.1 Å². The van der Waals surface area contributed by atoms with Gasteiger partial charge in [-0.2, -0.15) is 0 Å². The Morgan fingerprint density at radius 1 is 1.29 bits per heavy atom. The van der Waals surface area contributed by atoms with Crippen LogP contribution in [0.3, 0.4) is 0 Å². The molecule has 0 saturated carbocycles. The van der Waals surface area contributed by atoms with Gasteiger partial charge in [-0.15, -0.1) is 11.6 Å². The van der Waals surface area contributed by atoms with Crippen LogP contribution in [0.25, 0.3) is 0 Å². The van der Waals surface area contributed by atoms with E-state index < -0.39 is 0 Å². The highest BCUT2D eigenvalue weighted by Gasteiger charge is 1.98. The summed E-state index contributed by atoms with van der Waals surface area (Å²) < 4.78 is 0. The van der Waals surface area contributed by atoms with Crippen molar-refractivity contribution in [3.63, 3.8) is 0 Å². The largest absolute Gasteiger partial charge is 0.228 e. The number of aromatic nitrogens is 2. The molecule has 0 aliphatic carbocycles. The van der Waals surface area contributed by atoms with Gasteiger partial charge in [0.05, 0.1) is 0 Å². The Balaban J connectivity index is 2.54. The first-order chi connectivity index (χ1) is 6.72. The van der Waals surface area contributed by atoms with Crippen molar-refractivity contribution in [1.82, 2.24) is 9.97 Å². The highest BCUT2D eigenvalue weighted by atomic mass is 35.5. The third-order valence-electron chi connectivity index (χ3n) is 1.53. The normalized spacial score (nSPS) is 11.1. The number of rotatable bonds is 4. The molecule has 0 spiro atoms. The van der Waals surface area contributed by atoms with E-state index in [1.54, 1.807) is 11.8 Å². The van der Waals surface area contributed by atoms with Crippen molar-refractivity contribution in [3.8, 4) is 0 Å². The fourth-order valence-electron chi connectivity index (χ4n) is 1.01. The van der Waals surface area contributed by atoms with Crippen LogP contribution in [0.5, 0.6) is 0 Å². The highest BCUT2D eigenvalue weighted by molar-refractivity contribution is 7.99. The lowest BCUT2D eigenvalue weighted by molar-refractivity contribution is 0.903. The number of halogens is 1. The van der Waals surface area contributed by atoms with Crippen LogP contribution in [0.15, 0.2) is 23.4 Å². The topological polar surface area (TPSA) is 25.8 Å². The number of hydrogen-bond donors (Lipinski definition) is 0. The van der Waals surface area contributed by atoms with Gasteiger partial charge in [-0.3, -0.25) is 0 Å². The third-order valence-corrected chi connectivity index (χ3v) is 2.50. The average molecular weight is 229 g/mol. The van der Waals surface area contributed by atoms with Gasteiger partial charge in [0, 0.05) is 23.0 Å². The summed E-state index contributed by atoms with van der Waals surface area (Å²) in [5.74, 6) is 1.43. The lowest BCUT2D eigenvalue weighted by atomic mass is 10.4. The molecular weight excluding hydrogens is 216 g/mol. The quantitative estimate of drug-likeness (QED) is 0.343. The molecule has 14 heavy (non-hydrogen) atoms. The summed E-state index contributed by atoms with van der Waals surface area (Å²) in [5.41, 5.74) is 2.03. The molecule has 1 heterocycles. The first kappa shape index (κ1) is 11.5. The van der Waals surface area contributed by atoms with Crippen molar-refractivity contribution < 1.29 is 0 Å². The molecule has 0 aliphatic rings. The fourth-order valence-corrected chi connectivity index (χ4v) is 1.94. The summed E-state index contributed by atoms with van der Waals surface area (Å²) in [7, 11) is 0. The minimum Gasteiger partial charge on any atom is -0.228 e. The van der Waals surface area contributed by atoms with Gasteiger partial charge in [-0.1, -0.05) is 23.9 Å². The molecule has 0 aromatic carbocycles. The zero-order valence-electron chi connectivity index (χ0n) is 8.33. The van der Waals surface area contributed by atoms with Crippen LogP contribution in [0.1, 0.15) is 11.4 Å². The Hall–Kier alpha value is -0.540. The van der Waals surface area contributed by atoms with E-state index in [4.69, 9.17) is 11.6 Å². The minimum absolute atomic E-state index is 0.564. The van der Waals surface area contributed by atoms with Crippen LogP contribution in [-0.4, -0.2) is 21.6 Å². The molecule has 76 valence electrons. The van der Waals surface area contributed by atoms with E-state index in [2.05, 4.69) is 9.97 Å². The first-order valence-electron chi connectivity index (χ1n) is 4.38. The minimum atomic E-state index is 0.564. The maximum Gasteiger partial charge on any atom is 0.188 e. The smallest absolute Gasteiger partial charge is 0.188 e. The predicted octanol–water partition coefficient (Wildman–Crippen LogP) is 2.98. The molecule has 0 N–H and O–H groups in total. The molecule has 0 unspecified atom stereocenters. The standard InChI is InChI=1S/C10H13ClN2S/c1-8-7-9(2)13-10(12-8)14-6-4-3-5-11/h3-4,7H,5-6H2,1-2H3. The summed E-state index contributed by atoms with van der Waals surface area (Å²) in [6, 6.07) is 1.97. The second-order valence-electron chi connectivity index (χ2n) is 2.87. The van der Waals surface area contributed by atoms with Gasteiger partial charge in [-0.25, -0.2) is 9.97 Å². The lowest BCUT2D eigenvalue weighted by Crippen LogP contribution is -1.92. The van der Waals surface area contributed by atoms with E-state index in [-0.39, 0.29) is 0 Å². The summed E-state index contributed by atoms with van der Waals surface area (Å²) in [4.78, 5) is 8.63. The molecule has 0 saturated heterocycles. The fraction of sp³-hybridized carbons (Fsp3) is 0.400. The Bertz CT molecular complexity index is 306. The zero-order valence-corrected chi connectivity index (χ0v) is 9.90. The summed E-state index contributed by atoms with van der Waals surface area (Å²) in [5, 5.41) is 0.835. The number of thioether (sulfide) groups is 1. The molecule has 1 rings (SSSR count). The summed E-state index contributed by atoms with van der Waals surface area (Å²) in [6.07, 6.45) is 3.95. The Labute approximate surface area is 93.8 Å². The van der Waals surface area contributed by atoms with E-state index in [1.165, 1.54) is 0 Å². The van der Waals surface area contributed by atoms with Gasteiger partial charge in [-0.05, 0) is 19.9 Å². The number of aryl methyl sites for hydroxylation is 2. The second-order valence-corrected chi connectivity index (χ2v) is 4.17. The number of alkyl halides is 1. The molecule has 4 heteroatoms. The van der Waals surface area contributed by atoms with Crippen molar-refractivity contribution in [2.75, 3.05) is 11.6 Å². The van der Waals surface area contributed by atoms with Gasteiger partial charge in [0.2, 0.25) is 0 Å². The molecule has 0 aliphatic heterocycles. The van der Waals surface area contributed by atoms with E-state index in [0.717, 1.165) is 22.3 Å². The molecule has 1 aromatic heterocycles. The molecule has 0 amide bonds. The maximum absolute atomic E-state index is 5.51. The van der Waals surface area contributed by atoms with Gasteiger partial charge >= 0.3 is 0 Å². The van der Waals surface area contributed by atoms with Crippen molar-refractivity contribution in [1.29, 1.82) is 0 Å². The number of hydrogen-bond acceptors (Lipinski definition) is 3. The average Bonchev–Trinajstić information content (AvgIpc) is 2.11. The number of nitrogens with zero attached hydrogens (tertiary/aromatic N) is 2. The van der Waals surface area contributed by atoms with Crippen molar-refractivity contribution in [2.24, 2.45) is 0 Å². The second kappa shape index (κ2) is 6.04. The molecule has 0 fully saturated rings. The highest BCUT2D eigenvalue weighted by Crippen LogP contribution is 2.13. The van der Waals surface area contributed by atoms with Crippen LogP contribution in [-0.2, 0) is 0 Å². The lowest BCUT2D eigenvalue weighted by Gasteiger charge is -2.00. The first-order valence-corrected chi connectivity index (χ1v) is 5.90. The van der Waals surface area contributed by atoms with Gasteiger partial charge in [0.25, 0.3) is 0 Å². The van der Waals surface area contributed by atoms with Crippen LogP contribution >= 0.6 is 23.4 Å². The molecule has 0 radical (unpaired) electrons. The van der Waals surface area contributed by atoms with Crippen molar-refractivity contribution in [3.05, 3.63) is 29.6 Å². The van der Waals surface area contributed by atoms with Gasteiger partial charge < -0.3 is 0 Å². The molecule has 0 bridgehead atoms.